The van der Waals surface area contributed by atoms with Crippen molar-refractivity contribution in [2.45, 2.75) is 25.8 Å². The standard InChI is InChI=1S/C13H16N4O3/c1-13(2,5-6-18)16-12-10-7-9(17(19)20)3-4-11(10)14-8-15-12/h3-4,7-8,18H,5-6H2,1-2H3,(H,14,15,16). The van der Waals surface area contributed by atoms with E-state index in [1.807, 2.05) is 13.8 Å². The van der Waals surface area contributed by atoms with E-state index >= 15 is 0 Å². The Balaban J connectivity index is 2.47. The van der Waals surface area contributed by atoms with E-state index in [4.69, 9.17) is 5.11 Å². The summed E-state index contributed by atoms with van der Waals surface area (Å²) in [7, 11) is 0. The Morgan fingerprint density at radius 3 is 2.80 bits per heavy atom. The second-order valence-electron chi connectivity index (χ2n) is 5.16. The molecule has 0 saturated carbocycles. The first-order valence-electron chi connectivity index (χ1n) is 6.21. The molecule has 0 aliphatic heterocycles. The molecule has 106 valence electrons. The number of aromatic nitrogens is 2. The number of hydrogen-bond donors (Lipinski definition) is 2. The van der Waals surface area contributed by atoms with Crippen molar-refractivity contribution in [3.8, 4) is 0 Å². The fourth-order valence-corrected chi connectivity index (χ4v) is 1.92. The number of non-ortho nitro benzene ring substituents is 1. The van der Waals surface area contributed by atoms with Gasteiger partial charge in [-0.1, -0.05) is 0 Å². The number of hydrogen-bond acceptors (Lipinski definition) is 6. The number of aliphatic hydroxyl groups is 1. The van der Waals surface area contributed by atoms with Crippen molar-refractivity contribution in [2.75, 3.05) is 11.9 Å². The molecule has 0 fully saturated rings. The van der Waals surface area contributed by atoms with E-state index in [9.17, 15) is 10.1 Å². The minimum Gasteiger partial charge on any atom is -0.396 e. The average molecular weight is 276 g/mol. The summed E-state index contributed by atoms with van der Waals surface area (Å²) in [6.07, 6.45) is 1.94. The molecule has 7 heteroatoms. The molecule has 0 atom stereocenters. The number of fused-ring (bicyclic) bond motifs is 1. The summed E-state index contributed by atoms with van der Waals surface area (Å²) in [4.78, 5) is 18.6. The maximum Gasteiger partial charge on any atom is 0.270 e. The van der Waals surface area contributed by atoms with Crippen molar-refractivity contribution in [2.24, 2.45) is 0 Å². The van der Waals surface area contributed by atoms with Crippen LogP contribution < -0.4 is 5.32 Å². The van der Waals surface area contributed by atoms with Crippen LogP contribution in [-0.2, 0) is 0 Å². The minimum atomic E-state index is -0.449. The van der Waals surface area contributed by atoms with Crippen molar-refractivity contribution in [3.63, 3.8) is 0 Å². The van der Waals surface area contributed by atoms with Gasteiger partial charge >= 0.3 is 0 Å². The Hall–Kier alpha value is -2.28. The van der Waals surface area contributed by atoms with Gasteiger partial charge in [0, 0.05) is 29.7 Å². The van der Waals surface area contributed by atoms with Crippen LogP contribution in [0.3, 0.4) is 0 Å². The van der Waals surface area contributed by atoms with Gasteiger partial charge in [0.15, 0.2) is 0 Å². The fourth-order valence-electron chi connectivity index (χ4n) is 1.92. The molecule has 0 aliphatic rings. The highest BCUT2D eigenvalue weighted by Gasteiger charge is 2.19. The van der Waals surface area contributed by atoms with Gasteiger partial charge in [-0.2, -0.15) is 0 Å². The first-order valence-corrected chi connectivity index (χ1v) is 6.21. The summed E-state index contributed by atoms with van der Waals surface area (Å²) in [5.41, 5.74) is 0.254. The van der Waals surface area contributed by atoms with Gasteiger partial charge in [-0.15, -0.1) is 0 Å². The third-order valence-corrected chi connectivity index (χ3v) is 3.02. The molecule has 1 heterocycles. The lowest BCUT2D eigenvalue weighted by atomic mass is 10.0. The average Bonchev–Trinajstić information content (AvgIpc) is 2.38. The molecule has 0 aliphatic carbocycles. The zero-order chi connectivity index (χ0) is 14.8. The van der Waals surface area contributed by atoms with E-state index in [0.717, 1.165) is 0 Å². The largest absolute Gasteiger partial charge is 0.396 e. The van der Waals surface area contributed by atoms with Crippen molar-refractivity contribution in [1.29, 1.82) is 0 Å². The lowest BCUT2D eigenvalue weighted by Gasteiger charge is -2.26. The zero-order valence-corrected chi connectivity index (χ0v) is 11.3. The normalized spacial score (nSPS) is 11.6. The Kier molecular flexibility index (Phi) is 3.80. The Bertz CT molecular complexity index is 643. The topological polar surface area (TPSA) is 101 Å². The third kappa shape index (κ3) is 3.00. The summed E-state index contributed by atoms with van der Waals surface area (Å²) < 4.78 is 0. The van der Waals surface area contributed by atoms with Crippen LogP contribution in [0.4, 0.5) is 11.5 Å². The number of benzene rings is 1. The molecule has 2 aromatic rings. The molecule has 7 nitrogen and oxygen atoms in total. The summed E-state index contributed by atoms with van der Waals surface area (Å²) in [6, 6.07) is 4.46. The van der Waals surface area contributed by atoms with Crippen molar-refractivity contribution in [3.05, 3.63) is 34.6 Å². The van der Waals surface area contributed by atoms with Crippen LogP contribution in [0.5, 0.6) is 0 Å². The fraction of sp³-hybridized carbons (Fsp3) is 0.385. The molecule has 2 N–H and O–H groups in total. The Morgan fingerprint density at radius 1 is 1.40 bits per heavy atom. The second-order valence-corrected chi connectivity index (χ2v) is 5.16. The third-order valence-electron chi connectivity index (χ3n) is 3.02. The van der Waals surface area contributed by atoms with E-state index in [2.05, 4.69) is 15.3 Å². The quantitative estimate of drug-likeness (QED) is 0.640. The monoisotopic (exact) mass is 276 g/mol. The predicted molar refractivity (Wildman–Crippen MR) is 75.6 cm³/mol. The molecule has 1 aromatic heterocycles. The summed E-state index contributed by atoms with van der Waals surface area (Å²) in [5.74, 6) is 0.525. The number of nitro benzene ring substituents is 1. The van der Waals surface area contributed by atoms with Gasteiger partial charge < -0.3 is 10.4 Å². The number of nitrogens with zero attached hydrogens (tertiary/aromatic N) is 3. The van der Waals surface area contributed by atoms with Crippen LogP contribution in [0, 0.1) is 10.1 Å². The molecule has 0 bridgehead atoms. The molecular formula is C13H16N4O3. The van der Waals surface area contributed by atoms with Gasteiger partial charge in [0.2, 0.25) is 0 Å². The minimum absolute atomic E-state index is 0.00434. The second kappa shape index (κ2) is 5.38. The molecule has 0 amide bonds. The Morgan fingerprint density at radius 2 is 2.15 bits per heavy atom. The maximum atomic E-state index is 10.9. The summed E-state index contributed by atoms with van der Waals surface area (Å²) in [6.45, 7) is 3.90. The van der Waals surface area contributed by atoms with E-state index in [-0.39, 0.29) is 17.8 Å². The Labute approximate surface area is 115 Å². The molecule has 2 rings (SSSR count). The smallest absolute Gasteiger partial charge is 0.270 e. The molecule has 1 aromatic carbocycles. The van der Waals surface area contributed by atoms with Crippen molar-refractivity contribution < 1.29 is 10.0 Å². The molecule has 0 spiro atoms. The zero-order valence-electron chi connectivity index (χ0n) is 11.3. The van der Waals surface area contributed by atoms with Crippen LogP contribution in [-0.4, -0.2) is 32.1 Å². The van der Waals surface area contributed by atoms with Crippen LogP contribution in [0.1, 0.15) is 20.3 Å². The lowest BCUT2D eigenvalue weighted by molar-refractivity contribution is -0.384. The number of nitro groups is 1. The van der Waals surface area contributed by atoms with Gasteiger partial charge in [-0.05, 0) is 26.3 Å². The van der Waals surface area contributed by atoms with Gasteiger partial charge in [0.05, 0.1) is 10.4 Å². The highest BCUT2D eigenvalue weighted by molar-refractivity contribution is 5.90. The van der Waals surface area contributed by atoms with Crippen molar-refractivity contribution in [1.82, 2.24) is 9.97 Å². The van der Waals surface area contributed by atoms with Gasteiger partial charge in [-0.25, -0.2) is 9.97 Å². The summed E-state index contributed by atoms with van der Waals surface area (Å²) in [5, 5.41) is 23.7. The van der Waals surface area contributed by atoms with E-state index < -0.39 is 4.92 Å². The van der Waals surface area contributed by atoms with Crippen molar-refractivity contribution >= 4 is 22.4 Å². The van der Waals surface area contributed by atoms with E-state index in [0.29, 0.717) is 23.1 Å². The number of anilines is 1. The highest BCUT2D eigenvalue weighted by Crippen LogP contribution is 2.26. The predicted octanol–water partition coefficient (Wildman–Crippen LogP) is 2.11. The van der Waals surface area contributed by atoms with Crippen LogP contribution in [0.2, 0.25) is 0 Å². The lowest BCUT2D eigenvalue weighted by Crippen LogP contribution is -2.32. The van der Waals surface area contributed by atoms with Crippen LogP contribution in [0.15, 0.2) is 24.5 Å². The van der Waals surface area contributed by atoms with Gasteiger partial charge in [-0.3, -0.25) is 10.1 Å². The van der Waals surface area contributed by atoms with Gasteiger partial charge in [0.25, 0.3) is 5.69 Å². The first kappa shape index (κ1) is 14.1. The molecule has 0 saturated heterocycles. The summed E-state index contributed by atoms with van der Waals surface area (Å²) >= 11 is 0. The molecular weight excluding hydrogens is 260 g/mol. The molecule has 20 heavy (non-hydrogen) atoms. The maximum absolute atomic E-state index is 10.9. The molecule has 0 unspecified atom stereocenters. The van der Waals surface area contributed by atoms with E-state index in [1.165, 1.54) is 18.5 Å². The number of nitrogens with one attached hydrogen (secondary N) is 1. The number of aliphatic hydroxyl groups excluding tert-OH is 1. The first-order chi connectivity index (χ1) is 9.43. The van der Waals surface area contributed by atoms with Crippen LogP contribution >= 0.6 is 0 Å². The number of rotatable bonds is 5. The van der Waals surface area contributed by atoms with E-state index in [1.54, 1.807) is 6.07 Å². The van der Waals surface area contributed by atoms with Crippen LogP contribution in [0.25, 0.3) is 10.9 Å². The molecule has 0 radical (unpaired) electrons. The SMILES string of the molecule is CC(C)(CCO)Nc1ncnc2ccc([N+](=O)[O-])cc12. The van der Waals surface area contributed by atoms with Gasteiger partial charge in [0.1, 0.15) is 12.1 Å². The highest BCUT2D eigenvalue weighted by atomic mass is 16.6.